The molecule has 210 valence electrons. The van der Waals surface area contributed by atoms with E-state index in [4.69, 9.17) is 0 Å². The van der Waals surface area contributed by atoms with E-state index in [-0.39, 0.29) is 29.8 Å². The largest absolute Gasteiger partial charge is 0.478 e. The average molecular weight is 537 g/mol. The molecule has 0 spiro atoms. The Hall–Kier alpha value is -3.72. The van der Waals surface area contributed by atoms with Crippen molar-refractivity contribution < 1.29 is 24.3 Å². The van der Waals surface area contributed by atoms with E-state index in [1.165, 1.54) is 17.7 Å². The molecule has 0 saturated heterocycles. The summed E-state index contributed by atoms with van der Waals surface area (Å²) in [6.07, 6.45) is 2.84. The fourth-order valence-electron chi connectivity index (χ4n) is 4.73. The van der Waals surface area contributed by atoms with Crippen molar-refractivity contribution in [2.45, 2.75) is 77.5 Å². The van der Waals surface area contributed by atoms with Crippen LogP contribution in [0.3, 0.4) is 0 Å². The number of fused-ring (bicyclic) bond motifs is 1. The number of likely N-dealkylation sites (N-methyl/N-ethyl adjacent to an activating group) is 1. The van der Waals surface area contributed by atoms with E-state index in [2.05, 4.69) is 27.3 Å². The molecule has 2 aromatic carbocycles. The van der Waals surface area contributed by atoms with Gasteiger partial charge in [-0.1, -0.05) is 57.2 Å². The minimum Gasteiger partial charge on any atom is -0.478 e. The van der Waals surface area contributed by atoms with Crippen molar-refractivity contribution in [3.63, 3.8) is 0 Å². The molecule has 9 heteroatoms. The fourth-order valence-corrected chi connectivity index (χ4v) is 4.73. The normalized spacial score (nSPS) is 17.2. The Morgan fingerprint density at radius 2 is 1.62 bits per heavy atom. The average Bonchev–Trinajstić information content (AvgIpc) is 2.90. The maximum absolute atomic E-state index is 13.7. The molecule has 1 unspecified atom stereocenters. The first-order valence-electron chi connectivity index (χ1n) is 13.4. The van der Waals surface area contributed by atoms with E-state index in [1.807, 2.05) is 39.0 Å². The summed E-state index contributed by atoms with van der Waals surface area (Å²) >= 11 is 0. The van der Waals surface area contributed by atoms with Crippen LogP contribution >= 0.6 is 0 Å². The number of carboxylic acids is 1. The molecular weight excluding hydrogens is 496 g/mol. The summed E-state index contributed by atoms with van der Waals surface area (Å²) in [6, 6.07) is 11.8. The number of hydrogen-bond acceptors (Lipinski definition) is 5. The van der Waals surface area contributed by atoms with Gasteiger partial charge in [-0.2, -0.15) is 0 Å². The summed E-state index contributed by atoms with van der Waals surface area (Å²) < 4.78 is 0. The first kappa shape index (κ1) is 29.8. The minimum atomic E-state index is -1.04. The van der Waals surface area contributed by atoms with Gasteiger partial charge >= 0.3 is 5.97 Å². The molecule has 0 aliphatic heterocycles. The van der Waals surface area contributed by atoms with Crippen molar-refractivity contribution in [2.24, 2.45) is 5.41 Å². The molecule has 0 radical (unpaired) electrons. The fraction of sp³-hybridized carbons (Fsp3) is 0.467. The molecule has 0 fully saturated rings. The number of rotatable bonds is 10. The molecular formula is C30H40N4O5. The molecule has 0 bridgehead atoms. The van der Waals surface area contributed by atoms with Gasteiger partial charge in [0.1, 0.15) is 12.1 Å². The topological polar surface area (TPSA) is 137 Å². The van der Waals surface area contributed by atoms with E-state index < -0.39 is 35.4 Å². The zero-order valence-corrected chi connectivity index (χ0v) is 23.3. The van der Waals surface area contributed by atoms with Crippen LogP contribution in [0.4, 0.5) is 0 Å². The molecule has 0 saturated carbocycles. The molecule has 3 rings (SSSR count). The maximum Gasteiger partial charge on any atom is 0.335 e. The molecule has 5 N–H and O–H groups in total. The number of aromatic carboxylic acids is 1. The monoisotopic (exact) mass is 536 g/mol. The van der Waals surface area contributed by atoms with Crippen molar-refractivity contribution in [1.82, 2.24) is 21.3 Å². The van der Waals surface area contributed by atoms with Crippen molar-refractivity contribution >= 4 is 23.7 Å². The first-order chi connectivity index (χ1) is 18.4. The Morgan fingerprint density at radius 3 is 2.23 bits per heavy atom. The number of aryl methyl sites for hydroxylation is 1. The SMILES string of the molecule is CN[C@@H](C)C(=O)NC(C(=O)N[C@@H](Cc1ccc(C(=O)O)cc1)C(=O)N[C@@H]1CCCc2ccccc21)C(C)(C)C. The van der Waals surface area contributed by atoms with Gasteiger partial charge in [0.15, 0.2) is 0 Å². The third kappa shape index (κ3) is 7.89. The zero-order valence-electron chi connectivity index (χ0n) is 23.3. The first-order valence-corrected chi connectivity index (χ1v) is 13.4. The second kappa shape index (κ2) is 12.9. The second-order valence-electron chi connectivity index (χ2n) is 11.2. The summed E-state index contributed by atoms with van der Waals surface area (Å²) in [5.74, 6) is -2.17. The van der Waals surface area contributed by atoms with Gasteiger partial charge in [-0.25, -0.2) is 4.79 Å². The predicted octanol–water partition coefficient (Wildman–Crippen LogP) is 2.74. The summed E-state index contributed by atoms with van der Waals surface area (Å²) in [7, 11) is 1.66. The number of carbonyl (C=O) groups excluding carboxylic acids is 3. The maximum atomic E-state index is 13.7. The third-order valence-electron chi connectivity index (χ3n) is 7.20. The molecule has 3 amide bonds. The van der Waals surface area contributed by atoms with Gasteiger partial charge < -0.3 is 26.4 Å². The molecule has 4 atom stereocenters. The van der Waals surface area contributed by atoms with Gasteiger partial charge in [0.25, 0.3) is 0 Å². The summed E-state index contributed by atoms with van der Waals surface area (Å²) in [4.78, 5) is 51.1. The summed E-state index contributed by atoms with van der Waals surface area (Å²) in [5, 5.41) is 20.9. The highest BCUT2D eigenvalue weighted by Gasteiger charge is 2.36. The molecule has 9 nitrogen and oxygen atoms in total. The van der Waals surface area contributed by atoms with E-state index in [1.54, 1.807) is 26.1 Å². The van der Waals surface area contributed by atoms with Crippen LogP contribution < -0.4 is 21.3 Å². The lowest BCUT2D eigenvalue weighted by molar-refractivity contribution is -0.135. The second-order valence-corrected chi connectivity index (χ2v) is 11.2. The smallest absolute Gasteiger partial charge is 0.335 e. The Kier molecular flexibility index (Phi) is 9.86. The number of carboxylic acid groups (broad SMARTS) is 1. The van der Waals surface area contributed by atoms with Gasteiger partial charge in [0.05, 0.1) is 17.6 Å². The highest BCUT2D eigenvalue weighted by molar-refractivity contribution is 5.93. The zero-order chi connectivity index (χ0) is 28.7. The lowest BCUT2D eigenvalue weighted by Gasteiger charge is -2.33. The number of benzene rings is 2. The van der Waals surface area contributed by atoms with Crippen LogP contribution in [0.5, 0.6) is 0 Å². The molecule has 39 heavy (non-hydrogen) atoms. The van der Waals surface area contributed by atoms with E-state index in [0.29, 0.717) is 5.56 Å². The van der Waals surface area contributed by atoms with E-state index >= 15 is 0 Å². The van der Waals surface area contributed by atoms with Gasteiger partial charge in [-0.05, 0) is 67.5 Å². The van der Waals surface area contributed by atoms with Gasteiger partial charge in [0.2, 0.25) is 17.7 Å². The Balaban J connectivity index is 1.86. The molecule has 1 aliphatic carbocycles. The van der Waals surface area contributed by atoms with Crippen LogP contribution in [-0.2, 0) is 27.2 Å². The predicted molar refractivity (Wildman–Crippen MR) is 149 cm³/mol. The van der Waals surface area contributed by atoms with Gasteiger partial charge in [-0.3, -0.25) is 14.4 Å². The lowest BCUT2D eigenvalue weighted by Crippen LogP contribution is -2.60. The Morgan fingerprint density at radius 1 is 0.949 bits per heavy atom. The van der Waals surface area contributed by atoms with Crippen molar-refractivity contribution in [3.05, 3.63) is 70.8 Å². The summed E-state index contributed by atoms with van der Waals surface area (Å²) in [6.45, 7) is 7.24. The van der Waals surface area contributed by atoms with Crippen molar-refractivity contribution in [3.8, 4) is 0 Å². The number of amides is 3. The number of nitrogens with one attached hydrogen (secondary N) is 4. The molecule has 0 aromatic heterocycles. The number of hydrogen-bond donors (Lipinski definition) is 5. The Bertz CT molecular complexity index is 1190. The summed E-state index contributed by atoms with van der Waals surface area (Å²) in [5.41, 5.74) is 2.49. The van der Waals surface area contributed by atoms with Crippen molar-refractivity contribution in [2.75, 3.05) is 7.05 Å². The molecule has 0 heterocycles. The Labute approximate surface area is 230 Å². The minimum absolute atomic E-state index is 0.136. The van der Waals surface area contributed by atoms with Crippen LogP contribution in [0, 0.1) is 5.41 Å². The van der Waals surface area contributed by atoms with Gasteiger partial charge in [0, 0.05) is 6.42 Å². The van der Waals surface area contributed by atoms with Crippen LogP contribution in [0.1, 0.15) is 73.6 Å². The quantitative estimate of drug-likeness (QED) is 0.317. The van der Waals surface area contributed by atoms with Gasteiger partial charge in [-0.15, -0.1) is 0 Å². The standard InChI is InChI=1S/C30H40N4O5/c1-18(31-5)26(35)34-25(30(2,3)4)28(37)33-24(17-19-13-15-21(16-14-19)29(38)39)27(36)32-23-12-8-10-20-9-6-7-11-22(20)23/h6-7,9,11,13-16,18,23-25,31H,8,10,12,17H2,1-5H3,(H,32,36)(H,33,37)(H,34,35)(H,38,39)/t18-,23+,24-,25?/m0/s1. The van der Waals surface area contributed by atoms with Crippen LogP contribution in [-0.4, -0.2) is 54.0 Å². The van der Waals surface area contributed by atoms with Crippen LogP contribution in [0.15, 0.2) is 48.5 Å². The van der Waals surface area contributed by atoms with Crippen LogP contribution in [0.25, 0.3) is 0 Å². The molecule has 2 aromatic rings. The highest BCUT2D eigenvalue weighted by Crippen LogP contribution is 2.29. The lowest BCUT2D eigenvalue weighted by atomic mass is 9.85. The molecule has 1 aliphatic rings. The van der Waals surface area contributed by atoms with Crippen LogP contribution in [0.2, 0.25) is 0 Å². The highest BCUT2D eigenvalue weighted by atomic mass is 16.4. The van der Waals surface area contributed by atoms with Crippen molar-refractivity contribution in [1.29, 1.82) is 0 Å². The third-order valence-corrected chi connectivity index (χ3v) is 7.20. The van der Waals surface area contributed by atoms with E-state index in [0.717, 1.165) is 24.8 Å². The number of carbonyl (C=O) groups is 4. The van der Waals surface area contributed by atoms with E-state index in [9.17, 15) is 24.3 Å².